The molecule has 0 spiro atoms. The molecule has 0 bridgehead atoms. The molecule has 0 aliphatic heterocycles. The van der Waals surface area contributed by atoms with Crippen molar-refractivity contribution in [1.82, 2.24) is 9.13 Å². The number of benzene rings is 8. The Morgan fingerprint density at radius 3 is 1.59 bits per heavy atom. The first-order valence-corrected chi connectivity index (χ1v) is 18.8. The molecule has 5 nitrogen and oxygen atoms in total. The number of aromatic nitrogens is 2. The standard InChI is InChI=1S/C50H26F3N3O2/c51-50(52,53)29-11-9-10-28(26-29)30-24-25-42(55-40-16-5-1-12-31(40)35-20-22-37-33-14-3-7-18-43(33)57-48(37)46(35)55)39(27-54)45(30)56-41-17-6-2-13-32(41)36-21-23-38-34-15-4-8-19-44(34)58-49(38)47(36)56/h1-26H. The van der Waals surface area contributed by atoms with Crippen LogP contribution in [0.1, 0.15) is 11.1 Å². The van der Waals surface area contributed by atoms with Crippen LogP contribution < -0.4 is 0 Å². The van der Waals surface area contributed by atoms with E-state index in [0.29, 0.717) is 44.8 Å². The summed E-state index contributed by atoms with van der Waals surface area (Å²) in [6.45, 7) is 0. The van der Waals surface area contributed by atoms with Crippen LogP contribution in [0.3, 0.4) is 0 Å². The van der Waals surface area contributed by atoms with E-state index in [4.69, 9.17) is 8.83 Å². The van der Waals surface area contributed by atoms with Gasteiger partial charge in [-0.3, -0.25) is 0 Å². The number of hydrogen-bond acceptors (Lipinski definition) is 3. The summed E-state index contributed by atoms with van der Waals surface area (Å²) in [5.74, 6) is 0. The molecular weight excluding hydrogens is 732 g/mol. The number of furan rings is 2. The minimum absolute atomic E-state index is 0.265. The van der Waals surface area contributed by atoms with Crippen LogP contribution in [-0.4, -0.2) is 9.13 Å². The summed E-state index contributed by atoms with van der Waals surface area (Å²) < 4.78 is 60.5. The highest BCUT2D eigenvalue weighted by Gasteiger charge is 2.32. The lowest BCUT2D eigenvalue weighted by Crippen LogP contribution is -2.08. The molecule has 0 amide bonds. The van der Waals surface area contributed by atoms with Crippen LogP contribution in [0.25, 0.3) is 110 Å². The average Bonchev–Trinajstić information content (AvgIpc) is 4.00. The molecule has 0 N–H and O–H groups in total. The Morgan fingerprint density at radius 1 is 0.483 bits per heavy atom. The van der Waals surface area contributed by atoms with Gasteiger partial charge in [0.25, 0.3) is 0 Å². The number of rotatable bonds is 3. The molecule has 4 aromatic heterocycles. The minimum atomic E-state index is -4.58. The third-order valence-corrected chi connectivity index (χ3v) is 11.6. The van der Waals surface area contributed by atoms with Crippen LogP contribution in [0.2, 0.25) is 0 Å². The fraction of sp³-hybridized carbons (Fsp3) is 0.0200. The monoisotopic (exact) mass is 757 g/mol. The van der Waals surface area contributed by atoms with Crippen molar-refractivity contribution in [3.05, 3.63) is 169 Å². The summed E-state index contributed by atoms with van der Waals surface area (Å²) in [7, 11) is 0. The van der Waals surface area contributed by atoms with Gasteiger partial charge in [-0.25, -0.2) is 0 Å². The van der Waals surface area contributed by atoms with Crippen molar-refractivity contribution in [3.8, 4) is 28.6 Å². The van der Waals surface area contributed by atoms with Gasteiger partial charge in [0.2, 0.25) is 0 Å². The maximum Gasteiger partial charge on any atom is 0.416 e. The van der Waals surface area contributed by atoms with Crippen LogP contribution >= 0.6 is 0 Å². The largest absolute Gasteiger partial charge is 0.454 e. The van der Waals surface area contributed by atoms with Crippen molar-refractivity contribution in [2.24, 2.45) is 0 Å². The molecule has 0 fully saturated rings. The highest BCUT2D eigenvalue weighted by molar-refractivity contribution is 6.23. The average molecular weight is 758 g/mol. The summed E-state index contributed by atoms with van der Waals surface area (Å²) in [5.41, 5.74) is 7.07. The molecular formula is C50H26F3N3O2. The first-order valence-electron chi connectivity index (χ1n) is 18.8. The van der Waals surface area contributed by atoms with E-state index in [2.05, 4.69) is 34.9 Å². The van der Waals surface area contributed by atoms with Crippen molar-refractivity contribution in [2.45, 2.75) is 6.18 Å². The van der Waals surface area contributed by atoms with E-state index in [9.17, 15) is 18.4 Å². The molecule has 0 radical (unpaired) electrons. The van der Waals surface area contributed by atoms with E-state index in [1.54, 1.807) is 6.07 Å². The molecule has 0 saturated carbocycles. The number of hydrogen-bond donors (Lipinski definition) is 0. The molecule has 58 heavy (non-hydrogen) atoms. The lowest BCUT2D eigenvalue weighted by Gasteiger charge is -2.20. The predicted molar refractivity (Wildman–Crippen MR) is 225 cm³/mol. The number of nitrogens with zero attached hydrogens (tertiary/aromatic N) is 3. The number of fused-ring (bicyclic) bond motifs is 14. The van der Waals surface area contributed by atoms with Gasteiger partial charge >= 0.3 is 6.18 Å². The maximum atomic E-state index is 14.4. The summed E-state index contributed by atoms with van der Waals surface area (Å²) in [4.78, 5) is 0. The fourth-order valence-corrected chi connectivity index (χ4v) is 9.15. The lowest BCUT2D eigenvalue weighted by atomic mass is 9.96. The van der Waals surface area contributed by atoms with Gasteiger partial charge in [0, 0.05) is 48.7 Å². The number of halogens is 3. The van der Waals surface area contributed by atoms with Gasteiger partial charge < -0.3 is 18.0 Å². The smallest absolute Gasteiger partial charge is 0.416 e. The summed E-state index contributed by atoms with van der Waals surface area (Å²) in [6, 6.07) is 51.4. The summed E-state index contributed by atoms with van der Waals surface area (Å²) in [5, 5.41) is 19.0. The number of para-hydroxylation sites is 4. The van der Waals surface area contributed by atoms with Crippen molar-refractivity contribution in [1.29, 1.82) is 5.26 Å². The molecule has 0 aliphatic carbocycles. The van der Waals surface area contributed by atoms with E-state index in [1.807, 2.05) is 114 Å². The fourth-order valence-electron chi connectivity index (χ4n) is 9.15. The molecule has 12 aromatic rings. The second-order valence-electron chi connectivity index (χ2n) is 14.6. The van der Waals surface area contributed by atoms with Crippen molar-refractivity contribution in [2.75, 3.05) is 0 Å². The Balaban J connectivity index is 1.29. The van der Waals surface area contributed by atoms with Crippen LogP contribution in [-0.2, 0) is 6.18 Å². The Kier molecular flexibility index (Phi) is 6.52. The van der Waals surface area contributed by atoms with Gasteiger partial charge in [-0.2, -0.15) is 18.4 Å². The normalized spacial score (nSPS) is 12.4. The van der Waals surface area contributed by atoms with Crippen molar-refractivity contribution in [3.63, 3.8) is 0 Å². The SMILES string of the molecule is N#Cc1c(-n2c3ccccc3c3ccc4c5ccccc5oc4c32)ccc(-c2cccc(C(F)(F)F)c2)c1-n1c2ccccc2c2ccc3c4ccccc4oc3c21. The lowest BCUT2D eigenvalue weighted by molar-refractivity contribution is -0.137. The zero-order chi connectivity index (χ0) is 38.9. The minimum Gasteiger partial charge on any atom is -0.454 e. The van der Waals surface area contributed by atoms with Gasteiger partial charge in [0.05, 0.1) is 39.0 Å². The molecule has 8 heteroatoms. The predicted octanol–water partition coefficient (Wildman–Crippen LogP) is 14.2. The third-order valence-electron chi connectivity index (χ3n) is 11.6. The summed E-state index contributed by atoms with van der Waals surface area (Å²) >= 11 is 0. The van der Waals surface area contributed by atoms with E-state index in [0.717, 1.165) is 77.4 Å². The highest BCUT2D eigenvalue weighted by atomic mass is 19.4. The maximum absolute atomic E-state index is 14.4. The van der Waals surface area contributed by atoms with Gasteiger partial charge in [-0.1, -0.05) is 103 Å². The quantitative estimate of drug-likeness (QED) is 0.180. The van der Waals surface area contributed by atoms with E-state index >= 15 is 0 Å². The Hall–Kier alpha value is -7.76. The molecule has 0 unspecified atom stereocenters. The topological polar surface area (TPSA) is 59.9 Å². The second-order valence-corrected chi connectivity index (χ2v) is 14.6. The molecule has 0 saturated heterocycles. The van der Waals surface area contributed by atoms with Gasteiger partial charge in [0.1, 0.15) is 22.8 Å². The van der Waals surface area contributed by atoms with Gasteiger partial charge in [0.15, 0.2) is 11.2 Å². The van der Waals surface area contributed by atoms with Crippen molar-refractivity contribution >= 4 is 87.5 Å². The first-order chi connectivity index (χ1) is 28.4. The number of alkyl halides is 3. The molecule has 0 atom stereocenters. The molecule has 12 rings (SSSR count). The van der Waals surface area contributed by atoms with Gasteiger partial charge in [-0.05, 0) is 60.2 Å². The molecule has 4 heterocycles. The zero-order valence-electron chi connectivity index (χ0n) is 30.3. The highest BCUT2D eigenvalue weighted by Crippen LogP contribution is 2.46. The van der Waals surface area contributed by atoms with Crippen LogP contribution in [0.4, 0.5) is 13.2 Å². The molecule has 0 aliphatic rings. The van der Waals surface area contributed by atoms with Crippen LogP contribution in [0, 0.1) is 11.3 Å². The third kappa shape index (κ3) is 4.35. The van der Waals surface area contributed by atoms with Gasteiger partial charge in [-0.15, -0.1) is 0 Å². The van der Waals surface area contributed by atoms with E-state index in [-0.39, 0.29) is 5.56 Å². The Bertz CT molecular complexity index is 3760. The summed E-state index contributed by atoms with van der Waals surface area (Å²) in [6.07, 6.45) is -4.58. The molecule has 8 aromatic carbocycles. The van der Waals surface area contributed by atoms with Crippen molar-refractivity contribution < 1.29 is 22.0 Å². The van der Waals surface area contributed by atoms with E-state index < -0.39 is 11.7 Å². The second kappa shape index (κ2) is 11.6. The number of nitriles is 1. The van der Waals surface area contributed by atoms with Crippen LogP contribution in [0.15, 0.2) is 167 Å². The Labute approximate surface area is 326 Å². The molecule has 274 valence electrons. The first kappa shape index (κ1) is 32.5. The van der Waals surface area contributed by atoms with Crippen LogP contribution in [0.5, 0.6) is 0 Å². The zero-order valence-corrected chi connectivity index (χ0v) is 30.3. The van der Waals surface area contributed by atoms with E-state index in [1.165, 1.54) is 6.07 Å². The Morgan fingerprint density at radius 2 is 1.00 bits per heavy atom.